The van der Waals surface area contributed by atoms with Crippen molar-refractivity contribution >= 4 is 11.9 Å². The fraction of sp³-hybridized carbons (Fsp3) is 0.235. The number of anilines is 1. The van der Waals surface area contributed by atoms with Gasteiger partial charge in [0, 0.05) is 12.7 Å². The summed E-state index contributed by atoms with van der Waals surface area (Å²) in [6.45, 7) is 3.23. The van der Waals surface area contributed by atoms with E-state index in [1.807, 2.05) is 13.0 Å². The molecular formula is C17H16F2N6O2. The Labute approximate surface area is 153 Å². The summed E-state index contributed by atoms with van der Waals surface area (Å²) in [5, 5.41) is 10.4. The number of aryl methyl sites for hydroxylation is 2. The second-order valence-electron chi connectivity index (χ2n) is 5.78. The summed E-state index contributed by atoms with van der Waals surface area (Å²) in [7, 11) is 1.58. The van der Waals surface area contributed by atoms with Crippen LogP contribution in [0, 0.1) is 18.7 Å². The number of rotatable bonds is 4. The third kappa shape index (κ3) is 4.05. The summed E-state index contributed by atoms with van der Waals surface area (Å²) in [5.41, 5.74) is 1.47. The van der Waals surface area contributed by atoms with Gasteiger partial charge in [0.1, 0.15) is 11.9 Å². The minimum atomic E-state index is -1.06. The van der Waals surface area contributed by atoms with Gasteiger partial charge in [0.2, 0.25) is 5.95 Å². The number of ether oxygens (including phenoxy) is 1. The minimum absolute atomic E-state index is 0.172. The molecule has 0 radical (unpaired) electrons. The molecule has 8 nitrogen and oxygen atoms in total. The maximum atomic E-state index is 13.7. The van der Waals surface area contributed by atoms with E-state index in [-0.39, 0.29) is 11.4 Å². The van der Waals surface area contributed by atoms with Crippen LogP contribution in [0.3, 0.4) is 0 Å². The van der Waals surface area contributed by atoms with E-state index in [4.69, 9.17) is 4.74 Å². The van der Waals surface area contributed by atoms with Gasteiger partial charge in [-0.05, 0) is 32.0 Å². The lowest BCUT2D eigenvalue weighted by Gasteiger charge is -2.15. The first-order chi connectivity index (χ1) is 12.8. The van der Waals surface area contributed by atoms with Crippen molar-refractivity contribution in [2.24, 2.45) is 7.05 Å². The molecule has 0 aromatic carbocycles. The van der Waals surface area contributed by atoms with Gasteiger partial charge < -0.3 is 4.74 Å². The maximum Gasteiger partial charge on any atom is 0.413 e. The van der Waals surface area contributed by atoms with Crippen LogP contribution in [-0.2, 0) is 11.8 Å². The highest BCUT2D eigenvalue weighted by Crippen LogP contribution is 2.25. The van der Waals surface area contributed by atoms with Crippen LogP contribution in [-0.4, -0.2) is 31.1 Å². The van der Waals surface area contributed by atoms with Gasteiger partial charge in [0.15, 0.2) is 11.5 Å². The molecule has 10 heteroatoms. The molecule has 3 heterocycles. The summed E-state index contributed by atoms with van der Waals surface area (Å²) in [5.74, 6) is -1.39. The highest BCUT2D eigenvalue weighted by Gasteiger charge is 2.21. The van der Waals surface area contributed by atoms with Crippen molar-refractivity contribution in [1.82, 2.24) is 25.0 Å². The van der Waals surface area contributed by atoms with Gasteiger partial charge in [-0.3, -0.25) is 10.3 Å². The van der Waals surface area contributed by atoms with Crippen LogP contribution in [0.25, 0.3) is 11.4 Å². The average Bonchev–Trinajstić information content (AvgIpc) is 2.97. The van der Waals surface area contributed by atoms with Crippen LogP contribution in [0.5, 0.6) is 0 Å². The van der Waals surface area contributed by atoms with Crippen LogP contribution in [0.15, 0.2) is 30.5 Å². The molecular weight excluding hydrogens is 358 g/mol. The quantitative estimate of drug-likeness (QED) is 0.705. The molecule has 0 aliphatic carbocycles. The molecule has 0 saturated carbocycles. The zero-order valence-electron chi connectivity index (χ0n) is 14.8. The van der Waals surface area contributed by atoms with Crippen molar-refractivity contribution in [2.75, 3.05) is 5.32 Å². The Balaban J connectivity index is 1.79. The molecule has 0 spiro atoms. The second kappa shape index (κ2) is 7.44. The SMILES string of the molecule is Cc1cccc(-c2nnn(C)c2NC(=O)O[C@H](C)c2cc(F)cnc2F)n1. The van der Waals surface area contributed by atoms with Crippen molar-refractivity contribution in [3.63, 3.8) is 0 Å². The van der Waals surface area contributed by atoms with E-state index in [0.29, 0.717) is 11.4 Å². The molecule has 0 fully saturated rings. The van der Waals surface area contributed by atoms with Gasteiger partial charge >= 0.3 is 6.09 Å². The lowest BCUT2D eigenvalue weighted by atomic mass is 10.2. The molecule has 1 N–H and O–H groups in total. The van der Waals surface area contributed by atoms with Crippen molar-refractivity contribution < 1.29 is 18.3 Å². The Kier molecular flexibility index (Phi) is 5.06. The molecule has 0 unspecified atom stereocenters. The summed E-state index contributed by atoms with van der Waals surface area (Å²) < 4.78 is 33.4. The van der Waals surface area contributed by atoms with E-state index in [1.165, 1.54) is 11.6 Å². The molecule has 0 bridgehead atoms. The van der Waals surface area contributed by atoms with E-state index >= 15 is 0 Å². The molecule has 27 heavy (non-hydrogen) atoms. The van der Waals surface area contributed by atoms with Crippen molar-refractivity contribution in [1.29, 1.82) is 0 Å². The molecule has 1 atom stereocenters. The van der Waals surface area contributed by atoms with Crippen LogP contribution in [0.4, 0.5) is 19.4 Å². The highest BCUT2D eigenvalue weighted by atomic mass is 19.1. The third-order valence-corrected chi connectivity index (χ3v) is 3.73. The van der Waals surface area contributed by atoms with Gasteiger partial charge in [-0.2, -0.15) is 4.39 Å². The fourth-order valence-electron chi connectivity index (χ4n) is 2.42. The van der Waals surface area contributed by atoms with Gasteiger partial charge in [-0.15, -0.1) is 5.10 Å². The van der Waals surface area contributed by atoms with Gasteiger partial charge in [0.25, 0.3) is 0 Å². The first kappa shape index (κ1) is 18.4. The monoisotopic (exact) mass is 374 g/mol. The second-order valence-corrected chi connectivity index (χ2v) is 5.78. The van der Waals surface area contributed by atoms with E-state index < -0.39 is 24.0 Å². The molecule has 3 aromatic rings. The lowest BCUT2D eigenvalue weighted by molar-refractivity contribution is 0.118. The Morgan fingerprint density at radius 3 is 2.85 bits per heavy atom. The number of pyridine rings is 2. The Morgan fingerprint density at radius 2 is 2.11 bits per heavy atom. The van der Waals surface area contributed by atoms with Crippen LogP contribution in [0.1, 0.15) is 24.3 Å². The molecule has 3 rings (SSSR count). The number of carbonyl (C=O) groups excluding carboxylic acids is 1. The standard InChI is InChI=1S/C17H16F2N6O2/c1-9-5-4-6-13(21-9)14-16(25(3)24-23-14)22-17(26)27-10(2)12-7-11(18)8-20-15(12)19/h4-8,10H,1-3H3,(H,22,26)/t10-/m1/s1. The average molecular weight is 374 g/mol. The molecule has 0 aliphatic heterocycles. The fourth-order valence-corrected chi connectivity index (χ4v) is 2.42. The summed E-state index contributed by atoms with van der Waals surface area (Å²) in [4.78, 5) is 19.9. The predicted molar refractivity (Wildman–Crippen MR) is 91.6 cm³/mol. The number of halogens is 2. The number of hydrogen-bond acceptors (Lipinski definition) is 6. The number of nitrogens with one attached hydrogen (secondary N) is 1. The van der Waals surface area contributed by atoms with Gasteiger partial charge in [0.05, 0.1) is 17.5 Å². The van der Waals surface area contributed by atoms with Crippen molar-refractivity contribution in [2.45, 2.75) is 20.0 Å². The Morgan fingerprint density at radius 1 is 1.33 bits per heavy atom. The van der Waals surface area contributed by atoms with Crippen LogP contribution >= 0.6 is 0 Å². The van der Waals surface area contributed by atoms with Crippen molar-refractivity contribution in [3.05, 3.63) is 53.5 Å². The van der Waals surface area contributed by atoms with Crippen LogP contribution < -0.4 is 5.32 Å². The normalized spacial score (nSPS) is 11.9. The maximum absolute atomic E-state index is 13.7. The minimum Gasteiger partial charge on any atom is -0.441 e. The zero-order valence-corrected chi connectivity index (χ0v) is 14.8. The number of nitrogens with zero attached hydrogens (tertiary/aromatic N) is 5. The van der Waals surface area contributed by atoms with E-state index in [1.54, 1.807) is 19.2 Å². The first-order valence-corrected chi connectivity index (χ1v) is 7.97. The molecule has 0 saturated heterocycles. The molecule has 1 amide bonds. The van der Waals surface area contributed by atoms with Gasteiger partial charge in [-0.1, -0.05) is 11.3 Å². The Hall–Kier alpha value is -3.43. The number of hydrogen-bond donors (Lipinski definition) is 1. The van der Waals surface area contributed by atoms with E-state index in [9.17, 15) is 13.6 Å². The smallest absolute Gasteiger partial charge is 0.413 e. The number of carbonyl (C=O) groups is 1. The van der Waals surface area contributed by atoms with E-state index in [2.05, 4.69) is 25.6 Å². The molecule has 140 valence electrons. The van der Waals surface area contributed by atoms with Crippen molar-refractivity contribution in [3.8, 4) is 11.4 Å². The topological polar surface area (TPSA) is 94.8 Å². The summed E-state index contributed by atoms with van der Waals surface area (Å²) in [6, 6.07) is 6.28. The first-order valence-electron chi connectivity index (χ1n) is 7.97. The summed E-state index contributed by atoms with van der Waals surface area (Å²) in [6.07, 6.45) is -1.20. The number of amides is 1. The number of aromatic nitrogens is 5. The van der Waals surface area contributed by atoms with Crippen LogP contribution in [0.2, 0.25) is 0 Å². The highest BCUT2D eigenvalue weighted by molar-refractivity contribution is 5.88. The lowest BCUT2D eigenvalue weighted by Crippen LogP contribution is -2.19. The largest absolute Gasteiger partial charge is 0.441 e. The zero-order chi connectivity index (χ0) is 19.6. The van der Waals surface area contributed by atoms with Gasteiger partial charge in [-0.25, -0.2) is 18.9 Å². The Bertz CT molecular complexity index is 991. The molecule has 3 aromatic heterocycles. The van der Waals surface area contributed by atoms with E-state index in [0.717, 1.165) is 18.0 Å². The predicted octanol–water partition coefficient (Wildman–Crippen LogP) is 3.17. The molecule has 0 aliphatic rings. The summed E-state index contributed by atoms with van der Waals surface area (Å²) >= 11 is 0. The third-order valence-electron chi connectivity index (χ3n) is 3.73.